The van der Waals surface area contributed by atoms with Crippen molar-refractivity contribution < 1.29 is 8.42 Å². The van der Waals surface area contributed by atoms with Gasteiger partial charge in [-0.1, -0.05) is 20.8 Å². The van der Waals surface area contributed by atoms with Crippen LogP contribution < -0.4 is 4.72 Å². The van der Waals surface area contributed by atoms with Crippen molar-refractivity contribution in [3.63, 3.8) is 0 Å². The Bertz CT molecular complexity index is 693. The minimum Gasteiger partial charge on any atom is -0.280 e. The number of sulfonamides is 1. The van der Waals surface area contributed by atoms with Crippen LogP contribution >= 0.6 is 11.3 Å². The molecule has 0 aliphatic heterocycles. The summed E-state index contributed by atoms with van der Waals surface area (Å²) < 4.78 is 27.1. The minimum atomic E-state index is -3.54. The van der Waals surface area contributed by atoms with Crippen molar-refractivity contribution in [1.82, 2.24) is 10.2 Å². The van der Waals surface area contributed by atoms with Crippen LogP contribution in [0.15, 0.2) is 22.4 Å². The Morgan fingerprint density at radius 3 is 2.60 bits per heavy atom. The van der Waals surface area contributed by atoms with Crippen molar-refractivity contribution in [2.45, 2.75) is 38.3 Å². The Morgan fingerprint density at radius 1 is 1.35 bits per heavy atom. The maximum atomic E-state index is 12.2. The Kier molecular flexibility index (Phi) is 3.93. The Labute approximate surface area is 123 Å². The third kappa shape index (κ3) is 3.83. The van der Waals surface area contributed by atoms with E-state index in [1.165, 1.54) is 11.3 Å². The van der Waals surface area contributed by atoms with Crippen molar-refractivity contribution >= 4 is 27.2 Å². The molecule has 110 valence electrons. The lowest BCUT2D eigenvalue weighted by Crippen LogP contribution is -2.11. The number of rotatable bonds is 4. The highest BCUT2D eigenvalue weighted by molar-refractivity contribution is 7.94. The highest BCUT2D eigenvalue weighted by Gasteiger charge is 2.19. The average Bonchev–Trinajstić information content (AvgIpc) is 2.85. The quantitative estimate of drug-likeness (QED) is 0.910. The van der Waals surface area contributed by atoms with E-state index >= 15 is 0 Å². The highest BCUT2D eigenvalue weighted by atomic mass is 32.2. The molecule has 0 amide bonds. The molecule has 2 aromatic rings. The van der Waals surface area contributed by atoms with E-state index in [2.05, 4.69) is 35.7 Å². The maximum Gasteiger partial charge on any atom is 0.272 e. The van der Waals surface area contributed by atoms with E-state index in [0.717, 1.165) is 17.0 Å². The summed E-state index contributed by atoms with van der Waals surface area (Å²) in [4.78, 5) is 0.959. The number of hydrogen-bond acceptors (Lipinski definition) is 4. The van der Waals surface area contributed by atoms with Gasteiger partial charge in [-0.05, 0) is 30.9 Å². The SMILES string of the molecule is Cc1ccc(S(=O)(=O)Nc2cc(CC(C)(C)C)[nH]n2)s1. The van der Waals surface area contributed by atoms with E-state index in [9.17, 15) is 8.42 Å². The van der Waals surface area contributed by atoms with E-state index < -0.39 is 10.0 Å². The van der Waals surface area contributed by atoms with Crippen LogP contribution in [0.5, 0.6) is 0 Å². The van der Waals surface area contributed by atoms with Crippen LogP contribution in [0, 0.1) is 12.3 Å². The molecule has 0 radical (unpaired) electrons. The van der Waals surface area contributed by atoms with Gasteiger partial charge in [0.2, 0.25) is 0 Å². The number of thiophene rings is 1. The highest BCUT2D eigenvalue weighted by Crippen LogP contribution is 2.24. The lowest BCUT2D eigenvalue weighted by atomic mass is 9.91. The molecule has 7 heteroatoms. The molecular weight excluding hydrogens is 294 g/mol. The molecule has 0 saturated carbocycles. The van der Waals surface area contributed by atoms with Crippen LogP contribution in [0.3, 0.4) is 0 Å². The fraction of sp³-hybridized carbons (Fsp3) is 0.462. The van der Waals surface area contributed by atoms with Crippen LogP contribution in [-0.4, -0.2) is 18.6 Å². The molecule has 20 heavy (non-hydrogen) atoms. The number of anilines is 1. The van der Waals surface area contributed by atoms with Crippen molar-refractivity contribution in [2.75, 3.05) is 4.72 Å². The van der Waals surface area contributed by atoms with Gasteiger partial charge in [-0.15, -0.1) is 11.3 Å². The molecule has 2 aromatic heterocycles. The van der Waals surface area contributed by atoms with Gasteiger partial charge in [-0.2, -0.15) is 5.10 Å². The van der Waals surface area contributed by atoms with Gasteiger partial charge in [0.1, 0.15) is 4.21 Å². The van der Waals surface area contributed by atoms with Gasteiger partial charge in [-0.3, -0.25) is 9.82 Å². The van der Waals surface area contributed by atoms with Gasteiger partial charge in [0.25, 0.3) is 10.0 Å². The normalized spacial score (nSPS) is 12.6. The van der Waals surface area contributed by atoms with Gasteiger partial charge in [0.05, 0.1) is 0 Å². The standard InChI is InChI=1S/C13H19N3O2S2/c1-9-5-6-12(19-9)20(17,18)16-11-7-10(14-15-11)8-13(2,3)4/h5-7H,8H2,1-4H3,(H2,14,15,16). The number of nitrogens with zero attached hydrogens (tertiary/aromatic N) is 1. The number of H-pyrrole nitrogens is 1. The van der Waals surface area contributed by atoms with Gasteiger partial charge < -0.3 is 0 Å². The lowest BCUT2D eigenvalue weighted by molar-refractivity contribution is 0.406. The first-order valence-electron chi connectivity index (χ1n) is 6.29. The van der Waals surface area contributed by atoms with E-state index in [1.807, 2.05) is 6.92 Å². The Morgan fingerprint density at radius 2 is 2.05 bits per heavy atom. The molecule has 0 fully saturated rings. The number of aromatic nitrogens is 2. The monoisotopic (exact) mass is 313 g/mol. The molecular formula is C13H19N3O2S2. The summed E-state index contributed by atoms with van der Waals surface area (Å²) in [5.41, 5.74) is 1.03. The van der Waals surface area contributed by atoms with Gasteiger partial charge >= 0.3 is 0 Å². The van der Waals surface area contributed by atoms with Crippen LogP contribution in [0.1, 0.15) is 31.3 Å². The minimum absolute atomic E-state index is 0.119. The lowest BCUT2D eigenvalue weighted by Gasteiger charge is -2.15. The molecule has 0 bridgehead atoms. The average molecular weight is 313 g/mol. The summed E-state index contributed by atoms with van der Waals surface area (Å²) in [6.07, 6.45) is 0.805. The summed E-state index contributed by atoms with van der Waals surface area (Å²) in [7, 11) is -3.54. The number of nitrogens with one attached hydrogen (secondary N) is 2. The zero-order valence-electron chi connectivity index (χ0n) is 12.0. The van der Waals surface area contributed by atoms with Gasteiger partial charge in [-0.25, -0.2) is 8.42 Å². The van der Waals surface area contributed by atoms with E-state index in [0.29, 0.717) is 10.0 Å². The molecule has 0 unspecified atom stereocenters. The second-order valence-corrected chi connectivity index (χ2v) is 9.18. The van der Waals surface area contributed by atoms with Gasteiger partial charge in [0.15, 0.2) is 5.82 Å². The zero-order chi connectivity index (χ0) is 15.0. The zero-order valence-corrected chi connectivity index (χ0v) is 13.7. The second kappa shape index (κ2) is 5.21. The first-order valence-corrected chi connectivity index (χ1v) is 8.59. The van der Waals surface area contributed by atoms with E-state index in [-0.39, 0.29) is 5.41 Å². The molecule has 0 aliphatic rings. The van der Waals surface area contributed by atoms with Crippen molar-refractivity contribution in [1.29, 1.82) is 0 Å². The topological polar surface area (TPSA) is 74.8 Å². The first kappa shape index (κ1) is 15.1. The van der Waals surface area contributed by atoms with Crippen LogP contribution in [-0.2, 0) is 16.4 Å². The fourth-order valence-electron chi connectivity index (χ4n) is 1.82. The Hall–Kier alpha value is -1.34. The summed E-state index contributed by atoms with van der Waals surface area (Å²) in [6, 6.07) is 5.13. The second-order valence-electron chi connectivity index (χ2n) is 5.99. The van der Waals surface area contributed by atoms with Crippen molar-refractivity contribution in [3.05, 3.63) is 28.8 Å². The van der Waals surface area contributed by atoms with Crippen LogP contribution in [0.2, 0.25) is 0 Å². The summed E-state index contributed by atoms with van der Waals surface area (Å²) in [5.74, 6) is 0.329. The molecule has 0 aliphatic carbocycles. The summed E-state index contributed by atoms with van der Waals surface area (Å²) in [6.45, 7) is 8.23. The van der Waals surface area contributed by atoms with Crippen molar-refractivity contribution in [3.8, 4) is 0 Å². The summed E-state index contributed by atoms with van der Waals surface area (Å²) in [5, 5.41) is 6.88. The van der Waals surface area contributed by atoms with E-state index in [4.69, 9.17) is 0 Å². The molecule has 0 atom stereocenters. The molecule has 2 rings (SSSR count). The Balaban J connectivity index is 2.14. The molecule has 0 aromatic carbocycles. The van der Waals surface area contributed by atoms with Crippen LogP contribution in [0.4, 0.5) is 5.82 Å². The van der Waals surface area contributed by atoms with Gasteiger partial charge in [0, 0.05) is 16.6 Å². The molecule has 0 spiro atoms. The number of aryl methyl sites for hydroxylation is 1. The number of hydrogen-bond donors (Lipinski definition) is 2. The van der Waals surface area contributed by atoms with Crippen LogP contribution in [0.25, 0.3) is 0 Å². The first-order chi connectivity index (χ1) is 9.16. The number of aromatic amines is 1. The third-order valence-electron chi connectivity index (χ3n) is 2.57. The molecule has 0 saturated heterocycles. The third-order valence-corrected chi connectivity index (χ3v) is 5.42. The largest absolute Gasteiger partial charge is 0.280 e. The maximum absolute atomic E-state index is 12.2. The molecule has 5 nitrogen and oxygen atoms in total. The predicted molar refractivity (Wildman–Crippen MR) is 81.6 cm³/mol. The fourth-order valence-corrected chi connectivity index (χ4v) is 4.10. The smallest absolute Gasteiger partial charge is 0.272 e. The molecule has 2 N–H and O–H groups in total. The predicted octanol–water partition coefficient (Wildman–Crippen LogP) is 3.17. The molecule has 2 heterocycles. The van der Waals surface area contributed by atoms with E-state index in [1.54, 1.807) is 18.2 Å². The summed E-state index contributed by atoms with van der Waals surface area (Å²) >= 11 is 1.24. The van der Waals surface area contributed by atoms with Crippen molar-refractivity contribution in [2.24, 2.45) is 5.41 Å².